The van der Waals surface area contributed by atoms with E-state index in [-0.39, 0.29) is 0 Å². The Morgan fingerprint density at radius 3 is 2.88 bits per heavy atom. The summed E-state index contributed by atoms with van der Waals surface area (Å²) < 4.78 is 0. The molecule has 0 saturated heterocycles. The van der Waals surface area contributed by atoms with Crippen LogP contribution in [0.15, 0.2) is 18.3 Å². The Hall–Kier alpha value is -1.56. The lowest BCUT2D eigenvalue weighted by Crippen LogP contribution is -2.30. The standard InChI is InChI=1S/C14H19N3/c1-10-5-6-13(8-11(10)2)17-14-12(9-15)4-3-7-16-14/h3-4,7,10-11,13H,5-6,8H2,1-2H3,(H,16,17). The Bertz CT molecular complexity index is 422. The van der Waals surface area contributed by atoms with Crippen LogP contribution in [0, 0.1) is 23.2 Å². The zero-order chi connectivity index (χ0) is 12.3. The van der Waals surface area contributed by atoms with Crippen LogP contribution in [0.5, 0.6) is 0 Å². The number of nitrogens with one attached hydrogen (secondary N) is 1. The molecular formula is C14H19N3. The SMILES string of the molecule is CC1CCC(Nc2ncccc2C#N)CC1C. The van der Waals surface area contributed by atoms with Crippen molar-refractivity contribution >= 4 is 5.82 Å². The molecule has 1 aliphatic rings. The average molecular weight is 229 g/mol. The molecule has 3 atom stereocenters. The van der Waals surface area contributed by atoms with Crippen molar-refractivity contribution in [3.63, 3.8) is 0 Å². The van der Waals surface area contributed by atoms with Crippen molar-refractivity contribution in [2.75, 3.05) is 5.32 Å². The lowest BCUT2D eigenvalue weighted by Gasteiger charge is -2.32. The maximum atomic E-state index is 9.01. The van der Waals surface area contributed by atoms with E-state index in [1.54, 1.807) is 12.3 Å². The van der Waals surface area contributed by atoms with E-state index in [1.807, 2.05) is 6.07 Å². The van der Waals surface area contributed by atoms with Crippen molar-refractivity contribution < 1.29 is 0 Å². The van der Waals surface area contributed by atoms with E-state index in [1.165, 1.54) is 19.3 Å². The van der Waals surface area contributed by atoms with Gasteiger partial charge in [-0.25, -0.2) is 4.98 Å². The van der Waals surface area contributed by atoms with Crippen molar-refractivity contribution in [2.45, 2.75) is 39.2 Å². The fourth-order valence-corrected chi connectivity index (χ4v) is 2.48. The molecule has 1 fully saturated rings. The maximum absolute atomic E-state index is 9.01. The minimum atomic E-state index is 0.461. The van der Waals surface area contributed by atoms with E-state index in [9.17, 15) is 0 Å². The second kappa shape index (κ2) is 5.18. The number of hydrogen-bond donors (Lipinski definition) is 1. The van der Waals surface area contributed by atoms with Gasteiger partial charge >= 0.3 is 0 Å². The van der Waals surface area contributed by atoms with Crippen LogP contribution in [0.3, 0.4) is 0 Å². The third kappa shape index (κ3) is 2.76. The molecule has 0 spiro atoms. The third-order valence-corrected chi connectivity index (χ3v) is 3.87. The molecule has 0 aromatic carbocycles. The van der Waals surface area contributed by atoms with Gasteiger partial charge in [0.25, 0.3) is 0 Å². The summed E-state index contributed by atoms with van der Waals surface area (Å²) in [5.41, 5.74) is 0.638. The quantitative estimate of drug-likeness (QED) is 0.847. The van der Waals surface area contributed by atoms with Gasteiger partial charge in [-0.1, -0.05) is 13.8 Å². The molecule has 1 aromatic heterocycles. The first-order chi connectivity index (χ1) is 8.20. The van der Waals surface area contributed by atoms with E-state index in [0.717, 1.165) is 17.7 Å². The van der Waals surface area contributed by atoms with Crippen LogP contribution in [-0.4, -0.2) is 11.0 Å². The molecule has 0 aliphatic heterocycles. The van der Waals surface area contributed by atoms with Gasteiger partial charge in [0, 0.05) is 12.2 Å². The summed E-state index contributed by atoms with van der Waals surface area (Å²) in [5, 5.41) is 12.4. The highest BCUT2D eigenvalue weighted by Crippen LogP contribution is 2.31. The number of anilines is 1. The summed E-state index contributed by atoms with van der Waals surface area (Å²) >= 11 is 0. The highest BCUT2D eigenvalue weighted by molar-refractivity contribution is 5.51. The number of rotatable bonds is 2. The van der Waals surface area contributed by atoms with Crippen LogP contribution in [0.4, 0.5) is 5.82 Å². The van der Waals surface area contributed by atoms with Crippen molar-refractivity contribution in [2.24, 2.45) is 11.8 Å². The molecule has 17 heavy (non-hydrogen) atoms. The topological polar surface area (TPSA) is 48.7 Å². The summed E-state index contributed by atoms with van der Waals surface area (Å²) in [7, 11) is 0. The minimum absolute atomic E-state index is 0.461. The van der Waals surface area contributed by atoms with Crippen LogP contribution >= 0.6 is 0 Å². The first kappa shape index (κ1) is 11.9. The Morgan fingerprint density at radius 1 is 1.35 bits per heavy atom. The maximum Gasteiger partial charge on any atom is 0.144 e. The fourth-order valence-electron chi connectivity index (χ4n) is 2.48. The van der Waals surface area contributed by atoms with Crippen LogP contribution in [0.25, 0.3) is 0 Å². The van der Waals surface area contributed by atoms with Gasteiger partial charge in [-0.05, 0) is 43.2 Å². The Kier molecular flexibility index (Phi) is 3.63. The normalized spacial score (nSPS) is 28.4. The smallest absolute Gasteiger partial charge is 0.144 e. The van der Waals surface area contributed by atoms with Gasteiger partial charge < -0.3 is 5.32 Å². The molecule has 1 aliphatic carbocycles. The van der Waals surface area contributed by atoms with Gasteiger partial charge in [0.1, 0.15) is 11.9 Å². The van der Waals surface area contributed by atoms with E-state index in [4.69, 9.17) is 5.26 Å². The molecule has 3 heteroatoms. The predicted octanol–water partition coefficient (Wildman–Crippen LogP) is 3.19. The third-order valence-electron chi connectivity index (χ3n) is 3.87. The predicted molar refractivity (Wildman–Crippen MR) is 68.5 cm³/mol. The Morgan fingerprint density at radius 2 is 2.18 bits per heavy atom. The molecule has 2 rings (SSSR count). The monoisotopic (exact) mass is 229 g/mol. The van der Waals surface area contributed by atoms with Crippen molar-refractivity contribution in [1.82, 2.24) is 4.98 Å². The van der Waals surface area contributed by atoms with Gasteiger partial charge in [0.15, 0.2) is 0 Å². The second-order valence-corrected chi connectivity index (χ2v) is 5.12. The van der Waals surface area contributed by atoms with E-state index >= 15 is 0 Å². The van der Waals surface area contributed by atoms with Gasteiger partial charge in [-0.2, -0.15) is 5.26 Å². The second-order valence-electron chi connectivity index (χ2n) is 5.12. The summed E-state index contributed by atoms with van der Waals surface area (Å²) in [4.78, 5) is 4.25. The number of nitrogens with zero attached hydrogens (tertiary/aromatic N) is 2. The molecule has 90 valence electrons. The Balaban J connectivity index is 2.04. The summed E-state index contributed by atoms with van der Waals surface area (Å²) in [6.45, 7) is 4.63. The fraction of sp³-hybridized carbons (Fsp3) is 0.571. The highest BCUT2D eigenvalue weighted by Gasteiger charge is 2.24. The largest absolute Gasteiger partial charge is 0.366 e. The van der Waals surface area contributed by atoms with E-state index in [0.29, 0.717) is 11.6 Å². The van der Waals surface area contributed by atoms with Crippen LogP contribution < -0.4 is 5.32 Å². The lowest BCUT2D eigenvalue weighted by molar-refractivity contribution is 0.260. The van der Waals surface area contributed by atoms with Crippen molar-refractivity contribution in [3.8, 4) is 6.07 Å². The molecular weight excluding hydrogens is 210 g/mol. The lowest BCUT2D eigenvalue weighted by atomic mass is 9.79. The highest BCUT2D eigenvalue weighted by atomic mass is 15.0. The molecule has 0 bridgehead atoms. The zero-order valence-corrected chi connectivity index (χ0v) is 10.5. The van der Waals surface area contributed by atoms with E-state index < -0.39 is 0 Å². The number of pyridine rings is 1. The Labute approximate surface area is 103 Å². The summed E-state index contributed by atoms with van der Waals surface area (Å²) in [5.74, 6) is 2.30. The average Bonchev–Trinajstić information content (AvgIpc) is 2.34. The first-order valence-electron chi connectivity index (χ1n) is 6.32. The van der Waals surface area contributed by atoms with Crippen LogP contribution in [-0.2, 0) is 0 Å². The van der Waals surface area contributed by atoms with Crippen molar-refractivity contribution in [1.29, 1.82) is 5.26 Å². The number of aromatic nitrogens is 1. The molecule has 3 unspecified atom stereocenters. The zero-order valence-electron chi connectivity index (χ0n) is 10.5. The summed E-state index contributed by atoms with van der Waals surface area (Å²) in [6.07, 6.45) is 5.33. The summed E-state index contributed by atoms with van der Waals surface area (Å²) in [6, 6.07) is 6.25. The molecule has 1 saturated carbocycles. The van der Waals surface area contributed by atoms with E-state index in [2.05, 4.69) is 30.2 Å². The van der Waals surface area contributed by atoms with Gasteiger partial charge in [0.05, 0.1) is 5.56 Å². The van der Waals surface area contributed by atoms with Gasteiger partial charge in [-0.15, -0.1) is 0 Å². The molecule has 0 radical (unpaired) electrons. The van der Waals surface area contributed by atoms with Gasteiger partial charge in [-0.3, -0.25) is 0 Å². The molecule has 1 heterocycles. The van der Waals surface area contributed by atoms with Gasteiger partial charge in [0.2, 0.25) is 0 Å². The minimum Gasteiger partial charge on any atom is -0.366 e. The number of hydrogen-bond acceptors (Lipinski definition) is 3. The molecule has 3 nitrogen and oxygen atoms in total. The first-order valence-corrected chi connectivity index (χ1v) is 6.32. The molecule has 0 amide bonds. The van der Waals surface area contributed by atoms with Crippen LogP contribution in [0.1, 0.15) is 38.7 Å². The molecule has 1 N–H and O–H groups in total. The van der Waals surface area contributed by atoms with Crippen molar-refractivity contribution in [3.05, 3.63) is 23.9 Å². The van der Waals surface area contributed by atoms with Crippen LogP contribution in [0.2, 0.25) is 0 Å². The number of nitriles is 1. The molecule has 1 aromatic rings.